The van der Waals surface area contributed by atoms with E-state index in [0.717, 1.165) is 28.4 Å². The second kappa shape index (κ2) is 10.4. The van der Waals surface area contributed by atoms with Gasteiger partial charge in [-0.15, -0.1) is 0 Å². The summed E-state index contributed by atoms with van der Waals surface area (Å²) in [7, 11) is -3.05. The fourth-order valence-electron chi connectivity index (χ4n) is 5.51. The van der Waals surface area contributed by atoms with Crippen molar-refractivity contribution in [1.29, 1.82) is 0 Å². The Bertz CT molecular complexity index is 1090. The maximum absolute atomic E-state index is 13.2. The Morgan fingerprint density at radius 1 is 0.833 bits per heavy atom. The molecular formula is C31H35NO3Si. The molecule has 1 aliphatic carbocycles. The fourth-order valence-corrected chi connectivity index (χ4v) is 9.32. The average molecular weight is 498 g/mol. The van der Waals surface area contributed by atoms with E-state index in [0.29, 0.717) is 18.4 Å². The molecule has 5 heteroatoms. The van der Waals surface area contributed by atoms with Crippen LogP contribution < -0.4 is 15.6 Å². The lowest BCUT2D eigenvalue weighted by molar-refractivity contribution is 0.145. The molecule has 0 radical (unpaired) electrons. The summed E-state index contributed by atoms with van der Waals surface area (Å²) in [4.78, 5) is 14.9. The highest BCUT2D eigenvalue weighted by Crippen LogP contribution is 2.33. The first-order valence-corrected chi connectivity index (χ1v) is 15.0. The van der Waals surface area contributed by atoms with Crippen molar-refractivity contribution in [2.75, 3.05) is 6.61 Å². The molecule has 186 valence electrons. The number of cyclic esters (lactones) is 1. The minimum Gasteiger partial charge on any atom is -0.518 e. The van der Waals surface area contributed by atoms with Crippen molar-refractivity contribution in [3.63, 3.8) is 0 Å². The van der Waals surface area contributed by atoms with Gasteiger partial charge in [-0.2, -0.15) is 0 Å². The molecule has 3 aromatic rings. The van der Waals surface area contributed by atoms with Crippen LogP contribution in [-0.4, -0.2) is 31.5 Å². The molecule has 0 aromatic heterocycles. The number of carbonyl (C=O) groups excluding carboxylic acids is 1. The minimum absolute atomic E-state index is 0.334. The molecule has 36 heavy (non-hydrogen) atoms. The van der Waals surface area contributed by atoms with Crippen LogP contribution in [0.25, 0.3) is 0 Å². The molecule has 2 aliphatic rings. The first-order valence-electron chi connectivity index (χ1n) is 13.1. The Balaban J connectivity index is 1.73. The van der Waals surface area contributed by atoms with E-state index in [-0.39, 0.29) is 6.09 Å². The van der Waals surface area contributed by atoms with Gasteiger partial charge in [0.25, 0.3) is 0 Å². The van der Waals surface area contributed by atoms with E-state index in [1.54, 1.807) is 4.90 Å². The molecule has 2 fully saturated rings. The number of ether oxygens (including phenoxy) is 1. The van der Waals surface area contributed by atoms with Gasteiger partial charge in [-0.05, 0) is 54.2 Å². The molecule has 0 bridgehead atoms. The lowest BCUT2D eigenvalue weighted by Crippen LogP contribution is -2.70. The number of carbonyl (C=O) groups is 1. The number of amides is 1. The highest BCUT2D eigenvalue weighted by molar-refractivity contribution is 7.07. The summed E-state index contributed by atoms with van der Waals surface area (Å²) in [6.45, 7) is 4.44. The van der Waals surface area contributed by atoms with Crippen molar-refractivity contribution in [3.8, 4) is 0 Å². The predicted octanol–water partition coefficient (Wildman–Crippen LogP) is 5.32. The Kier molecular flexibility index (Phi) is 7.01. The summed E-state index contributed by atoms with van der Waals surface area (Å²) in [5, 5.41) is 3.42. The van der Waals surface area contributed by atoms with E-state index in [1.807, 2.05) is 32.0 Å². The second-order valence-corrected chi connectivity index (χ2v) is 13.8. The number of hydrogen-bond donors (Lipinski definition) is 0. The summed E-state index contributed by atoms with van der Waals surface area (Å²) < 4.78 is 13.0. The molecule has 1 amide bonds. The molecule has 1 aliphatic heterocycles. The fraction of sp³-hybridized carbons (Fsp3) is 0.323. The number of nitrogens with zero attached hydrogens (tertiary/aromatic N) is 1. The molecule has 5 rings (SSSR count). The zero-order chi connectivity index (χ0) is 25.0. The number of benzene rings is 3. The van der Waals surface area contributed by atoms with Crippen molar-refractivity contribution in [1.82, 2.24) is 4.90 Å². The van der Waals surface area contributed by atoms with Crippen LogP contribution in [0.15, 0.2) is 103 Å². The van der Waals surface area contributed by atoms with Gasteiger partial charge in [0, 0.05) is 0 Å². The highest BCUT2D eigenvalue weighted by atomic mass is 28.4. The number of rotatable bonds is 7. The molecule has 1 saturated carbocycles. The zero-order valence-electron chi connectivity index (χ0n) is 21.2. The third kappa shape index (κ3) is 4.72. The molecule has 4 nitrogen and oxygen atoms in total. The van der Waals surface area contributed by atoms with Crippen molar-refractivity contribution in [2.45, 2.75) is 51.5 Å². The molecule has 0 N–H and O–H groups in total. The van der Waals surface area contributed by atoms with Crippen LogP contribution >= 0.6 is 0 Å². The van der Waals surface area contributed by atoms with Crippen LogP contribution in [0.5, 0.6) is 0 Å². The highest BCUT2D eigenvalue weighted by Gasteiger charge is 2.49. The predicted molar refractivity (Wildman–Crippen MR) is 147 cm³/mol. The number of allylic oxidation sites excluding steroid dienone is 1. The Hall–Kier alpha value is -3.31. The maximum atomic E-state index is 13.2. The van der Waals surface area contributed by atoms with Gasteiger partial charge in [-0.1, -0.05) is 110 Å². The standard InChI is InChI=1S/C31H35NO3Si/c1-31(2)24-34-30(33)32(31)29(23-25-15-7-3-8-16-25)35-36(26-17-9-4-10-18-26,27-19-11-5-12-20-27)28-21-13-6-14-22-28/h4-6,9-14,17-23,25H,3,7-8,15-16,24H2,1-2H3/b29-23+. The van der Waals surface area contributed by atoms with Gasteiger partial charge in [0.05, 0.1) is 5.54 Å². The first-order chi connectivity index (χ1) is 17.5. The van der Waals surface area contributed by atoms with E-state index < -0.39 is 13.9 Å². The Morgan fingerprint density at radius 3 is 1.72 bits per heavy atom. The molecule has 1 saturated heterocycles. The monoisotopic (exact) mass is 497 g/mol. The van der Waals surface area contributed by atoms with Crippen LogP contribution in [-0.2, 0) is 9.16 Å². The number of hydrogen-bond acceptors (Lipinski definition) is 3. The molecule has 0 unspecified atom stereocenters. The van der Waals surface area contributed by atoms with Crippen molar-refractivity contribution in [3.05, 3.63) is 103 Å². The maximum Gasteiger partial charge on any atom is 0.417 e. The van der Waals surface area contributed by atoms with Gasteiger partial charge in [0.15, 0.2) is 5.88 Å². The van der Waals surface area contributed by atoms with E-state index in [2.05, 4.69) is 78.9 Å². The average Bonchev–Trinajstić information content (AvgIpc) is 3.20. The molecule has 0 atom stereocenters. The van der Waals surface area contributed by atoms with E-state index in [1.165, 1.54) is 19.3 Å². The SMILES string of the molecule is CC1(C)COC(=O)N1/C(=C\C1CCCCC1)O[Si](c1ccccc1)(c1ccccc1)c1ccccc1. The Labute approximate surface area is 215 Å². The summed E-state index contributed by atoms with van der Waals surface area (Å²) >= 11 is 0. The Morgan fingerprint density at radius 2 is 1.31 bits per heavy atom. The van der Waals surface area contributed by atoms with Crippen LogP contribution in [0.4, 0.5) is 4.79 Å². The summed E-state index contributed by atoms with van der Waals surface area (Å²) in [5.41, 5.74) is -0.498. The zero-order valence-corrected chi connectivity index (χ0v) is 22.2. The van der Waals surface area contributed by atoms with Crippen molar-refractivity contribution < 1.29 is 14.0 Å². The molecule has 1 heterocycles. The second-order valence-electron chi connectivity index (χ2n) is 10.5. The van der Waals surface area contributed by atoms with Crippen molar-refractivity contribution in [2.24, 2.45) is 5.92 Å². The van der Waals surface area contributed by atoms with E-state index >= 15 is 0 Å². The van der Waals surface area contributed by atoms with Crippen molar-refractivity contribution >= 4 is 30.0 Å². The van der Waals surface area contributed by atoms with Crippen LogP contribution in [0.3, 0.4) is 0 Å². The normalized spacial score (nSPS) is 18.7. The quantitative estimate of drug-likeness (QED) is 0.252. The van der Waals surface area contributed by atoms with Gasteiger partial charge < -0.3 is 9.16 Å². The lowest BCUT2D eigenvalue weighted by atomic mass is 9.89. The minimum atomic E-state index is -3.05. The van der Waals surface area contributed by atoms with Crippen LogP contribution in [0.2, 0.25) is 0 Å². The van der Waals surface area contributed by atoms with E-state index in [9.17, 15) is 4.79 Å². The summed E-state index contributed by atoms with van der Waals surface area (Å²) in [5.74, 6) is 1.02. The molecule has 3 aromatic carbocycles. The van der Waals surface area contributed by atoms with Gasteiger partial charge >= 0.3 is 14.4 Å². The van der Waals surface area contributed by atoms with Gasteiger partial charge in [0.1, 0.15) is 6.61 Å². The first kappa shape index (κ1) is 24.4. The summed E-state index contributed by atoms with van der Waals surface area (Å²) in [6.07, 6.45) is 7.82. The lowest BCUT2D eigenvalue weighted by Gasteiger charge is -2.39. The van der Waals surface area contributed by atoms with E-state index in [4.69, 9.17) is 9.16 Å². The molecular weight excluding hydrogens is 462 g/mol. The third-order valence-corrected chi connectivity index (χ3v) is 11.3. The van der Waals surface area contributed by atoms with Crippen LogP contribution in [0, 0.1) is 5.92 Å². The summed E-state index contributed by atoms with van der Waals surface area (Å²) in [6, 6.07) is 31.6. The largest absolute Gasteiger partial charge is 0.518 e. The third-order valence-electron chi connectivity index (χ3n) is 7.38. The van der Waals surface area contributed by atoms with Gasteiger partial charge in [-0.25, -0.2) is 9.69 Å². The van der Waals surface area contributed by atoms with Crippen LogP contribution in [0.1, 0.15) is 46.0 Å². The van der Waals surface area contributed by atoms with Gasteiger partial charge in [0.2, 0.25) is 0 Å². The van der Waals surface area contributed by atoms with Gasteiger partial charge in [-0.3, -0.25) is 0 Å². The topological polar surface area (TPSA) is 38.8 Å². The molecule has 0 spiro atoms. The smallest absolute Gasteiger partial charge is 0.417 e.